The Kier molecular flexibility index (Phi) is 3.72. The number of nitrogens with one attached hydrogen (secondary N) is 1. The van der Waals surface area contributed by atoms with Crippen LogP contribution in [0.3, 0.4) is 0 Å². The van der Waals surface area contributed by atoms with Gasteiger partial charge in [-0.15, -0.1) is 0 Å². The summed E-state index contributed by atoms with van der Waals surface area (Å²) < 4.78 is 44.3. The second kappa shape index (κ2) is 5.11. The number of hydrogen-bond donors (Lipinski definition) is 2. The van der Waals surface area contributed by atoms with Gasteiger partial charge in [0, 0.05) is 12.7 Å². The molecule has 0 aliphatic carbocycles. The lowest BCUT2D eigenvalue weighted by Gasteiger charge is -2.13. The molecule has 1 aliphatic heterocycles. The van der Waals surface area contributed by atoms with E-state index in [0.29, 0.717) is 6.61 Å². The van der Waals surface area contributed by atoms with Crippen molar-refractivity contribution < 1.29 is 17.5 Å². The number of sulfonamides is 1. The molecule has 1 fully saturated rings. The predicted octanol–water partition coefficient (Wildman–Crippen LogP) is 1.33. The van der Waals surface area contributed by atoms with Gasteiger partial charge >= 0.3 is 0 Å². The summed E-state index contributed by atoms with van der Waals surface area (Å²) in [6.07, 6.45) is 1.29. The minimum atomic E-state index is -3.58. The molecule has 7 heteroatoms. The van der Waals surface area contributed by atoms with E-state index in [4.69, 9.17) is 10.5 Å². The molecule has 1 heterocycles. The van der Waals surface area contributed by atoms with Crippen molar-refractivity contribution in [2.75, 3.05) is 22.8 Å². The highest BCUT2D eigenvalue weighted by atomic mass is 32.2. The maximum absolute atomic E-state index is 13.0. The maximum atomic E-state index is 13.0. The molecule has 100 valence electrons. The monoisotopic (exact) mass is 274 g/mol. The molecule has 1 aromatic rings. The first kappa shape index (κ1) is 13.1. The van der Waals surface area contributed by atoms with Crippen LogP contribution in [0.1, 0.15) is 12.8 Å². The second-order valence-corrected chi connectivity index (χ2v) is 6.02. The molecule has 1 aliphatic rings. The third-order valence-corrected chi connectivity index (χ3v) is 4.05. The van der Waals surface area contributed by atoms with Crippen molar-refractivity contribution in [2.45, 2.75) is 18.9 Å². The van der Waals surface area contributed by atoms with Gasteiger partial charge in [-0.3, -0.25) is 4.72 Å². The summed E-state index contributed by atoms with van der Waals surface area (Å²) in [7, 11) is -3.58. The van der Waals surface area contributed by atoms with Crippen LogP contribution >= 0.6 is 0 Å². The molecule has 2 rings (SSSR count). The van der Waals surface area contributed by atoms with Crippen molar-refractivity contribution in [3.05, 3.63) is 24.0 Å². The Morgan fingerprint density at radius 2 is 2.28 bits per heavy atom. The molecule has 18 heavy (non-hydrogen) atoms. The number of benzene rings is 1. The first-order valence-electron chi connectivity index (χ1n) is 5.63. The van der Waals surface area contributed by atoms with Crippen molar-refractivity contribution >= 4 is 21.4 Å². The molecule has 0 bridgehead atoms. The Morgan fingerprint density at radius 3 is 2.94 bits per heavy atom. The van der Waals surface area contributed by atoms with Crippen molar-refractivity contribution in [1.82, 2.24) is 0 Å². The van der Waals surface area contributed by atoms with Gasteiger partial charge in [-0.2, -0.15) is 0 Å². The highest BCUT2D eigenvalue weighted by molar-refractivity contribution is 7.92. The molecule has 3 N–H and O–H groups in total. The van der Waals surface area contributed by atoms with Gasteiger partial charge in [0.25, 0.3) is 0 Å². The van der Waals surface area contributed by atoms with Gasteiger partial charge in [0.15, 0.2) is 0 Å². The van der Waals surface area contributed by atoms with E-state index < -0.39 is 15.8 Å². The van der Waals surface area contributed by atoms with Crippen molar-refractivity contribution in [1.29, 1.82) is 0 Å². The van der Waals surface area contributed by atoms with E-state index in [1.807, 2.05) is 0 Å². The van der Waals surface area contributed by atoms with Crippen LogP contribution in [-0.2, 0) is 14.8 Å². The molecule has 0 spiro atoms. The van der Waals surface area contributed by atoms with Crippen LogP contribution in [0.25, 0.3) is 0 Å². The van der Waals surface area contributed by atoms with Crippen LogP contribution in [-0.4, -0.2) is 26.9 Å². The Hall–Kier alpha value is -1.34. The SMILES string of the molecule is Nc1ccc(F)cc1NS(=O)(=O)CC1CCCO1. The normalized spacial score (nSPS) is 19.9. The fourth-order valence-electron chi connectivity index (χ4n) is 1.85. The predicted molar refractivity (Wildman–Crippen MR) is 67.2 cm³/mol. The summed E-state index contributed by atoms with van der Waals surface area (Å²) >= 11 is 0. The summed E-state index contributed by atoms with van der Waals surface area (Å²) in [5.41, 5.74) is 5.83. The van der Waals surface area contributed by atoms with Crippen LogP contribution < -0.4 is 10.5 Å². The molecule has 1 aromatic carbocycles. The molecule has 0 aromatic heterocycles. The average molecular weight is 274 g/mol. The summed E-state index contributed by atoms with van der Waals surface area (Å²) in [6, 6.07) is 3.55. The lowest BCUT2D eigenvalue weighted by atomic mass is 10.3. The zero-order valence-electron chi connectivity index (χ0n) is 9.73. The molecule has 5 nitrogen and oxygen atoms in total. The van der Waals surface area contributed by atoms with Crippen LogP contribution in [0.4, 0.5) is 15.8 Å². The zero-order chi connectivity index (χ0) is 13.2. The Bertz CT molecular complexity index is 527. The summed E-state index contributed by atoms with van der Waals surface area (Å²) in [4.78, 5) is 0. The molecule has 1 saturated heterocycles. The minimum Gasteiger partial charge on any atom is -0.397 e. The number of anilines is 2. The number of nitrogen functional groups attached to an aromatic ring is 1. The molecular weight excluding hydrogens is 259 g/mol. The van der Waals surface area contributed by atoms with E-state index >= 15 is 0 Å². The molecule has 0 amide bonds. The highest BCUT2D eigenvalue weighted by Gasteiger charge is 2.23. The molecule has 1 atom stereocenters. The molecule has 0 radical (unpaired) electrons. The minimum absolute atomic E-state index is 0.0630. The Balaban J connectivity index is 2.09. The van der Waals surface area contributed by atoms with Gasteiger partial charge in [-0.1, -0.05) is 0 Å². The topological polar surface area (TPSA) is 81.4 Å². The first-order valence-corrected chi connectivity index (χ1v) is 7.28. The van der Waals surface area contributed by atoms with Gasteiger partial charge in [0.1, 0.15) is 5.82 Å². The standard InChI is InChI=1S/C11H15FN2O3S/c12-8-3-4-10(13)11(6-8)14-18(15,16)7-9-2-1-5-17-9/h3-4,6,9,14H,1-2,5,7,13H2. The van der Waals surface area contributed by atoms with Crippen LogP contribution in [0.15, 0.2) is 18.2 Å². The number of halogens is 1. The number of ether oxygens (including phenoxy) is 1. The number of nitrogens with two attached hydrogens (primary N) is 1. The van der Waals surface area contributed by atoms with Crippen LogP contribution in [0.5, 0.6) is 0 Å². The zero-order valence-corrected chi connectivity index (χ0v) is 10.5. The fourth-order valence-corrected chi connectivity index (χ4v) is 3.19. The molecular formula is C11H15FN2O3S. The van der Waals surface area contributed by atoms with E-state index in [-0.39, 0.29) is 23.2 Å². The number of hydrogen-bond acceptors (Lipinski definition) is 4. The summed E-state index contributed by atoms with van der Waals surface area (Å²) in [5.74, 6) is -0.679. The van der Waals surface area contributed by atoms with Gasteiger partial charge < -0.3 is 10.5 Å². The van der Waals surface area contributed by atoms with E-state index in [1.165, 1.54) is 12.1 Å². The third-order valence-electron chi connectivity index (χ3n) is 2.71. The second-order valence-electron chi connectivity index (χ2n) is 4.25. The summed E-state index contributed by atoms with van der Waals surface area (Å²) in [5, 5.41) is 0. The van der Waals surface area contributed by atoms with Gasteiger partial charge in [0.2, 0.25) is 10.0 Å². The van der Waals surface area contributed by atoms with Gasteiger partial charge in [-0.05, 0) is 25.0 Å². The van der Waals surface area contributed by atoms with E-state index in [9.17, 15) is 12.8 Å². The van der Waals surface area contributed by atoms with E-state index in [1.54, 1.807) is 0 Å². The van der Waals surface area contributed by atoms with Gasteiger partial charge in [-0.25, -0.2) is 12.8 Å². The van der Waals surface area contributed by atoms with Crippen molar-refractivity contribution in [3.8, 4) is 0 Å². The lowest BCUT2D eigenvalue weighted by molar-refractivity contribution is 0.127. The number of rotatable bonds is 4. The Morgan fingerprint density at radius 1 is 1.50 bits per heavy atom. The van der Waals surface area contributed by atoms with Gasteiger partial charge in [0.05, 0.1) is 23.2 Å². The molecule has 0 saturated carbocycles. The summed E-state index contributed by atoms with van der Waals surface area (Å²) in [6.45, 7) is 0.586. The third kappa shape index (κ3) is 3.33. The van der Waals surface area contributed by atoms with E-state index in [2.05, 4.69) is 4.72 Å². The highest BCUT2D eigenvalue weighted by Crippen LogP contribution is 2.22. The van der Waals surface area contributed by atoms with Crippen molar-refractivity contribution in [2.24, 2.45) is 0 Å². The Labute approximate surface area is 105 Å². The lowest BCUT2D eigenvalue weighted by Crippen LogP contribution is -2.26. The van der Waals surface area contributed by atoms with Crippen molar-refractivity contribution in [3.63, 3.8) is 0 Å². The van der Waals surface area contributed by atoms with Crippen LogP contribution in [0, 0.1) is 5.82 Å². The maximum Gasteiger partial charge on any atom is 0.235 e. The van der Waals surface area contributed by atoms with Crippen LogP contribution in [0.2, 0.25) is 0 Å². The largest absolute Gasteiger partial charge is 0.397 e. The fraction of sp³-hybridized carbons (Fsp3) is 0.455. The first-order chi connectivity index (χ1) is 8.46. The van der Waals surface area contributed by atoms with E-state index in [0.717, 1.165) is 18.9 Å². The smallest absolute Gasteiger partial charge is 0.235 e. The quantitative estimate of drug-likeness (QED) is 0.812. The molecule has 1 unspecified atom stereocenters. The average Bonchev–Trinajstić information content (AvgIpc) is 2.75.